The molecule has 20 heavy (non-hydrogen) atoms. The zero-order chi connectivity index (χ0) is 14.1. The molecular weight excluding hydrogens is 258 g/mol. The molecule has 3 heterocycles. The number of methoxy groups -OCH3 is 1. The van der Waals surface area contributed by atoms with Crippen molar-refractivity contribution in [3.8, 4) is 0 Å². The Morgan fingerprint density at radius 2 is 2.10 bits per heavy atom. The highest BCUT2D eigenvalue weighted by molar-refractivity contribution is 5.10. The van der Waals surface area contributed by atoms with Gasteiger partial charge in [-0.2, -0.15) is 4.98 Å². The molecule has 0 aliphatic carbocycles. The molecule has 3 rings (SSSR count). The second kappa shape index (κ2) is 5.42. The number of ether oxygens (including phenoxy) is 2. The van der Waals surface area contributed by atoms with Crippen molar-refractivity contribution >= 4 is 0 Å². The van der Waals surface area contributed by atoms with Gasteiger partial charge in [0.2, 0.25) is 11.7 Å². The third-order valence-corrected chi connectivity index (χ3v) is 4.78. The van der Waals surface area contributed by atoms with Gasteiger partial charge in [-0.05, 0) is 25.8 Å². The summed E-state index contributed by atoms with van der Waals surface area (Å²) in [6.07, 6.45) is 4.70. The van der Waals surface area contributed by atoms with E-state index in [9.17, 15) is 0 Å². The van der Waals surface area contributed by atoms with Crippen molar-refractivity contribution < 1.29 is 14.0 Å². The average Bonchev–Trinajstić information content (AvgIpc) is 3.17. The zero-order valence-corrected chi connectivity index (χ0v) is 12.3. The van der Waals surface area contributed by atoms with Crippen LogP contribution in [0.2, 0.25) is 0 Å². The Morgan fingerprint density at radius 3 is 2.70 bits per heavy atom. The van der Waals surface area contributed by atoms with E-state index in [1.807, 2.05) is 0 Å². The van der Waals surface area contributed by atoms with Crippen LogP contribution in [-0.4, -0.2) is 37.0 Å². The van der Waals surface area contributed by atoms with Crippen LogP contribution < -0.4 is 5.32 Å². The van der Waals surface area contributed by atoms with Crippen molar-refractivity contribution in [3.05, 3.63) is 11.7 Å². The maximum absolute atomic E-state index is 5.72. The molecule has 6 heteroatoms. The van der Waals surface area contributed by atoms with Crippen LogP contribution in [-0.2, 0) is 20.6 Å². The summed E-state index contributed by atoms with van der Waals surface area (Å²) in [6.45, 7) is 4.52. The number of rotatable bonds is 4. The van der Waals surface area contributed by atoms with E-state index in [1.54, 1.807) is 7.11 Å². The molecule has 1 aromatic rings. The SMILES string of the molecule is CCC1(c2nc(C3(OC)CCOCC3)no2)CCCN1. The van der Waals surface area contributed by atoms with E-state index in [-0.39, 0.29) is 5.54 Å². The molecule has 0 amide bonds. The van der Waals surface area contributed by atoms with Crippen LogP contribution in [0.15, 0.2) is 4.52 Å². The molecule has 1 unspecified atom stereocenters. The quantitative estimate of drug-likeness (QED) is 0.906. The first kappa shape index (κ1) is 14.0. The van der Waals surface area contributed by atoms with Gasteiger partial charge in [0.25, 0.3) is 0 Å². The summed E-state index contributed by atoms with van der Waals surface area (Å²) < 4.78 is 16.7. The second-order valence-electron chi connectivity index (χ2n) is 5.70. The lowest BCUT2D eigenvalue weighted by Gasteiger charge is -2.32. The standard InChI is InChI=1S/C14H23N3O3/c1-3-13(5-4-8-15-13)12-16-11(17-20-12)14(18-2)6-9-19-10-7-14/h15H,3-10H2,1-2H3. The fraction of sp³-hybridized carbons (Fsp3) is 0.857. The van der Waals surface area contributed by atoms with Gasteiger partial charge in [-0.15, -0.1) is 0 Å². The lowest BCUT2D eigenvalue weighted by atomic mass is 9.92. The van der Waals surface area contributed by atoms with Crippen molar-refractivity contribution in [2.45, 2.75) is 50.2 Å². The topological polar surface area (TPSA) is 69.4 Å². The van der Waals surface area contributed by atoms with E-state index in [0.29, 0.717) is 24.9 Å². The number of hydrogen-bond donors (Lipinski definition) is 1. The Kier molecular flexibility index (Phi) is 3.79. The summed E-state index contributed by atoms with van der Waals surface area (Å²) in [5.74, 6) is 1.37. The minimum atomic E-state index is -0.451. The van der Waals surface area contributed by atoms with Crippen molar-refractivity contribution in [1.82, 2.24) is 15.5 Å². The largest absolute Gasteiger partial charge is 0.381 e. The molecule has 0 spiro atoms. The molecule has 2 fully saturated rings. The minimum absolute atomic E-state index is 0.147. The monoisotopic (exact) mass is 281 g/mol. The highest BCUT2D eigenvalue weighted by Gasteiger charge is 2.43. The molecule has 2 aliphatic rings. The Bertz CT molecular complexity index is 448. The lowest BCUT2D eigenvalue weighted by molar-refractivity contribution is -0.101. The fourth-order valence-electron chi connectivity index (χ4n) is 3.26. The van der Waals surface area contributed by atoms with E-state index >= 15 is 0 Å². The fourth-order valence-corrected chi connectivity index (χ4v) is 3.26. The van der Waals surface area contributed by atoms with E-state index < -0.39 is 5.60 Å². The van der Waals surface area contributed by atoms with Crippen molar-refractivity contribution in [2.24, 2.45) is 0 Å². The van der Waals surface area contributed by atoms with Crippen molar-refractivity contribution in [2.75, 3.05) is 26.9 Å². The molecule has 0 aromatic carbocycles. The second-order valence-corrected chi connectivity index (χ2v) is 5.70. The lowest BCUT2D eigenvalue weighted by Crippen LogP contribution is -2.38. The molecule has 1 aromatic heterocycles. The van der Waals surface area contributed by atoms with Crippen molar-refractivity contribution in [1.29, 1.82) is 0 Å². The Hall–Kier alpha value is -0.980. The van der Waals surface area contributed by atoms with Crippen LogP contribution in [0, 0.1) is 0 Å². The van der Waals surface area contributed by atoms with Gasteiger partial charge < -0.3 is 19.3 Å². The van der Waals surface area contributed by atoms with Crippen LogP contribution in [0.25, 0.3) is 0 Å². The third-order valence-electron chi connectivity index (χ3n) is 4.78. The van der Waals surface area contributed by atoms with E-state index in [4.69, 9.17) is 14.0 Å². The van der Waals surface area contributed by atoms with Gasteiger partial charge in [-0.3, -0.25) is 0 Å². The smallest absolute Gasteiger partial charge is 0.247 e. The predicted molar refractivity (Wildman–Crippen MR) is 72.2 cm³/mol. The number of hydrogen-bond acceptors (Lipinski definition) is 6. The number of nitrogens with one attached hydrogen (secondary N) is 1. The maximum Gasteiger partial charge on any atom is 0.247 e. The zero-order valence-electron chi connectivity index (χ0n) is 12.3. The molecule has 0 bridgehead atoms. The molecule has 6 nitrogen and oxygen atoms in total. The first-order chi connectivity index (χ1) is 9.75. The first-order valence-corrected chi connectivity index (χ1v) is 7.47. The van der Waals surface area contributed by atoms with Gasteiger partial charge in [0.05, 0.1) is 5.54 Å². The van der Waals surface area contributed by atoms with Crippen LogP contribution in [0.1, 0.15) is 50.7 Å². The molecular formula is C14H23N3O3. The van der Waals surface area contributed by atoms with Crippen molar-refractivity contribution in [3.63, 3.8) is 0 Å². The highest BCUT2D eigenvalue weighted by atomic mass is 16.5. The number of nitrogens with zero attached hydrogens (tertiary/aromatic N) is 2. The minimum Gasteiger partial charge on any atom is -0.381 e. The summed E-state index contributed by atoms with van der Waals surface area (Å²) in [4.78, 5) is 4.68. The maximum atomic E-state index is 5.72. The molecule has 1 N–H and O–H groups in total. The molecule has 2 aliphatic heterocycles. The predicted octanol–water partition coefficient (Wildman–Crippen LogP) is 1.71. The summed E-state index contributed by atoms with van der Waals surface area (Å²) >= 11 is 0. The van der Waals surface area contributed by atoms with Gasteiger partial charge in [-0.1, -0.05) is 12.1 Å². The van der Waals surface area contributed by atoms with Gasteiger partial charge in [0, 0.05) is 33.2 Å². The summed E-state index contributed by atoms with van der Waals surface area (Å²) in [6, 6.07) is 0. The Labute approximate surface area is 119 Å². The molecule has 0 saturated carbocycles. The van der Waals surface area contributed by atoms with Gasteiger partial charge in [0.15, 0.2) is 0 Å². The summed E-state index contributed by atoms with van der Waals surface area (Å²) in [5, 5.41) is 7.73. The molecule has 0 radical (unpaired) electrons. The van der Waals surface area contributed by atoms with Crippen LogP contribution in [0.4, 0.5) is 0 Å². The van der Waals surface area contributed by atoms with Crippen LogP contribution in [0.5, 0.6) is 0 Å². The summed E-state index contributed by atoms with van der Waals surface area (Å²) in [5.41, 5.74) is -0.598. The van der Waals surface area contributed by atoms with Crippen LogP contribution in [0.3, 0.4) is 0 Å². The van der Waals surface area contributed by atoms with Gasteiger partial charge in [0.1, 0.15) is 5.60 Å². The highest BCUT2D eigenvalue weighted by Crippen LogP contribution is 2.37. The number of aromatic nitrogens is 2. The van der Waals surface area contributed by atoms with Gasteiger partial charge >= 0.3 is 0 Å². The average molecular weight is 281 g/mol. The van der Waals surface area contributed by atoms with Crippen LogP contribution >= 0.6 is 0 Å². The molecule has 2 saturated heterocycles. The molecule has 112 valence electrons. The third kappa shape index (κ3) is 2.16. The Morgan fingerprint density at radius 1 is 1.30 bits per heavy atom. The normalized spacial score (nSPS) is 29.7. The van der Waals surface area contributed by atoms with E-state index in [1.165, 1.54) is 0 Å². The molecule has 1 atom stereocenters. The first-order valence-electron chi connectivity index (χ1n) is 7.47. The van der Waals surface area contributed by atoms with E-state index in [0.717, 1.165) is 38.6 Å². The van der Waals surface area contributed by atoms with E-state index in [2.05, 4.69) is 22.4 Å². The van der Waals surface area contributed by atoms with Gasteiger partial charge in [-0.25, -0.2) is 0 Å². The summed E-state index contributed by atoms with van der Waals surface area (Å²) in [7, 11) is 1.71. The Balaban J connectivity index is 1.89.